The number of piperidine rings is 1. The van der Waals surface area contributed by atoms with E-state index in [1.807, 2.05) is 12.1 Å². The highest BCUT2D eigenvalue weighted by molar-refractivity contribution is 7.98. The van der Waals surface area contributed by atoms with E-state index in [1.54, 1.807) is 29.4 Å². The van der Waals surface area contributed by atoms with Crippen LogP contribution in [0.5, 0.6) is 0 Å². The molecular formula is C22H24N6O2S2. The first-order chi connectivity index (χ1) is 15.8. The zero-order valence-electron chi connectivity index (χ0n) is 17.7. The summed E-state index contributed by atoms with van der Waals surface area (Å²) in [5.74, 6) is 2.96. The maximum Gasteiger partial charge on any atom is 0.259 e. The van der Waals surface area contributed by atoms with E-state index in [9.17, 15) is 4.79 Å². The highest BCUT2D eigenvalue weighted by atomic mass is 32.2. The lowest BCUT2D eigenvalue weighted by Gasteiger charge is -2.27. The van der Waals surface area contributed by atoms with E-state index in [-0.39, 0.29) is 5.56 Å². The summed E-state index contributed by atoms with van der Waals surface area (Å²) < 4.78 is 7.71. The molecule has 4 aromatic rings. The summed E-state index contributed by atoms with van der Waals surface area (Å²) in [6, 6.07) is 3.87. The first-order valence-corrected chi connectivity index (χ1v) is 12.9. The zero-order valence-corrected chi connectivity index (χ0v) is 19.3. The van der Waals surface area contributed by atoms with Crippen LogP contribution in [0.15, 0.2) is 32.8 Å². The molecule has 1 aliphatic heterocycles. The fourth-order valence-electron chi connectivity index (χ4n) is 4.66. The smallest absolute Gasteiger partial charge is 0.259 e. The van der Waals surface area contributed by atoms with Crippen LogP contribution in [0.2, 0.25) is 0 Å². The normalized spacial score (nSPS) is 16.2. The molecule has 8 nitrogen and oxygen atoms in total. The van der Waals surface area contributed by atoms with E-state index >= 15 is 0 Å². The van der Waals surface area contributed by atoms with Crippen LogP contribution in [0, 0.1) is 0 Å². The number of hydrogen-bond acceptors (Lipinski definition) is 8. The Hall–Kier alpha value is -2.59. The lowest BCUT2D eigenvalue weighted by molar-refractivity contribution is 0.479. The van der Waals surface area contributed by atoms with Gasteiger partial charge in [-0.05, 0) is 56.2 Å². The molecule has 0 amide bonds. The van der Waals surface area contributed by atoms with Crippen molar-refractivity contribution in [2.75, 3.05) is 18.0 Å². The Morgan fingerprint density at radius 3 is 2.91 bits per heavy atom. The third-order valence-electron chi connectivity index (χ3n) is 6.19. The van der Waals surface area contributed by atoms with E-state index in [1.165, 1.54) is 29.7 Å². The Morgan fingerprint density at radius 2 is 2.06 bits per heavy atom. The van der Waals surface area contributed by atoms with Crippen molar-refractivity contribution >= 4 is 39.3 Å². The van der Waals surface area contributed by atoms with Crippen LogP contribution in [0.4, 0.5) is 5.95 Å². The number of nitrogens with one attached hydrogen (secondary N) is 1. The molecule has 0 spiro atoms. The van der Waals surface area contributed by atoms with Crippen LogP contribution in [0.1, 0.15) is 47.7 Å². The fraction of sp³-hybridized carbons (Fsp3) is 0.455. The number of aromatic nitrogens is 5. The molecule has 0 bridgehead atoms. The molecule has 10 heteroatoms. The highest BCUT2D eigenvalue weighted by Crippen LogP contribution is 2.35. The van der Waals surface area contributed by atoms with E-state index < -0.39 is 0 Å². The molecule has 0 radical (unpaired) electrons. The number of fused-ring (bicyclic) bond motifs is 3. The maximum atomic E-state index is 12.8. The summed E-state index contributed by atoms with van der Waals surface area (Å²) in [5.41, 5.74) is 1.19. The van der Waals surface area contributed by atoms with E-state index in [0.717, 1.165) is 59.4 Å². The van der Waals surface area contributed by atoms with Crippen molar-refractivity contribution in [3.05, 3.63) is 50.8 Å². The number of nitrogens with zero attached hydrogens (tertiary/aromatic N) is 5. The van der Waals surface area contributed by atoms with Gasteiger partial charge in [-0.15, -0.1) is 21.5 Å². The van der Waals surface area contributed by atoms with Crippen molar-refractivity contribution in [3.63, 3.8) is 0 Å². The first-order valence-electron chi connectivity index (χ1n) is 11.1. The number of hydrogen-bond donors (Lipinski definition) is 1. The second-order valence-electron chi connectivity index (χ2n) is 8.33. The number of aromatic amines is 1. The SMILES string of the molecule is O=c1[nH]c(CSc2nnc(N3CCCCC3)n2Cc2ccco2)nc2sc3c(c12)CCC3. The zero-order chi connectivity index (χ0) is 21.5. The predicted octanol–water partition coefficient (Wildman–Crippen LogP) is 3.99. The quantitative estimate of drug-likeness (QED) is 0.428. The van der Waals surface area contributed by atoms with Gasteiger partial charge >= 0.3 is 0 Å². The van der Waals surface area contributed by atoms with Crippen LogP contribution >= 0.6 is 23.1 Å². The van der Waals surface area contributed by atoms with Crippen molar-refractivity contribution in [3.8, 4) is 0 Å². The molecule has 1 fully saturated rings. The molecule has 6 rings (SSSR count). The lowest BCUT2D eigenvalue weighted by atomic mass is 10.1. The number of furan rings is 1. The van der Waals surface area contributed by atoms with Gasteiger partial charge in [0, 0.05) is 18.0 Å². The first kappa shape index (κ1) is 20.0. The number of rotatable bonds is 6. The van der Waals surface area contributed by atoms with Crippen molar-refractivity contribution in [1.29, 1.82) is 0 Å². The minimum absolute atomic E-state index is 0.0175. The van der Waals surface area contributed by atoms with Gasteiger partial charge in [-0.2, -0.15) is 0 Å². The third-order valence-corrected chi connectivity index (χ3v) is 8.36. The molecule has 1 N–H and O–H groups in total. The second-order valence-corrected chi connectivity index (χ2v) is 10.4. The Bertz CT molecular complexity index is 1300. The predicted molar refractivity (Wildman–Crippen MR) is 126 cm³/mol. The van der Waals surface area contributed by atoms with Crippen LogP contribution < -0.4 is 10.5 Å². The van der Waals surface area contributed by atoms with Gasteiger partial charge in [-0.3, -0.25) is 9.36 Å². The number of anilines is 1. The largest absolute Gasteiger partial charge is 0.467 e. The number of aryl methyl sites for hydroxylation is 2. The molecule has 2 aliphatic rings. The molecule has 0 unspecified atom stereocenters. The molecule has 4 aromatic heterocycles. The van der Waals surface area contributed by atoms with Gasteiger partial charge < -0.3 is 14.3 Å². The molecule has 166 valence electrons. The number of thiophene rings is 1. The van der Waals surface area contributed by atoms with Crippen LogP contribution in [0.3, 0.4) is 0 Å². The lowest BCUT2D eigenvalue weighted by Crippen LogP contribution is -2.32. The standard InChI is InChI=1S/C22H24N6O2S2/c29-19-18-15-7-4-8-16(15)32-20(18)24-17(23-19)13-31-22-26-25-21(27-9-2-1-3-10-27)28(22)12-14-6-5-11-30-14/h5-6,11H,1-4,7-10,12-13H2,(H,23,24,29). The minimum Gasteiger partial charge on any atom is -0.467 e. The molecule has 5 heterocycles. The van der Waals surface area contributed by atoms with E-state index in [2.05, 4.69) is 24.6 Å². The Balaban J connectivity index is 1.28. The van der Waals surface area contributed by atoms with Gasteiger partial charge in [0.2, 0.25) is 5.95 Å². The van der Waals surface area contributed by atoms with Crippen molar-refractivity contribution < 1.29 is 4.42 Å². The van der Waals surface area contributed by atoms with Crippen LogP contribution in [0.25, 0.3) is 10.2 Å². The van der Waals surface area contributed by atoms with Crippen molar-refractivity contribution in [2.24, 2.45) is 0 Å². The molecule has 32 heavy (non-hydrogen) atoms. The van der Waals surface area contributed by atoms with E-state index in [4.69, 9.17) is 9.40 Å². The Labute approximate surface area is 193 Å². The second kappa shape index (κ2) is 8.40. The number of thioether (sulfide) groups is 1. The average Bonchev–Trinajstić information content (AvgIpc) is 3.58. The third kappa shape index (κ3) is 3.65. The maximum absolute atomic E-state index is 12.8. The van der Waals surface area contributed by atoms with Crippen molar-refractivity contribution in [2.45, 2.75) is 56.0 Å². The summed E-state index contributed by atoms with van der Waals surface area (Å²) in [5, 5.41) is 10.6. The molecule has 0 aromatic carbocycles. The minimum atomic E-state index is -0.0175. The van der Waals surface area contributed by atoms with Gasteiger partial charge in [0.25, 0.3) is 5.56 Å². The Morgan fingerprint density at radius 1 is 1.16 bits per heavy atom. The molecular weight excluding hydrogens is 444 g/mol. The summed E-state index contributed by atoms with van der Waals surface area (Å²) >= 11 is 3.22. The van der Waals surface area contributed by atoms with Gasteiger partial charge in [-0.1, -0.05) is 11.8 Å². The molecule has 0 saturated carbocycles. The fourth-order valence-corrected chi connectivity index (χ4v) is 6.74. The van der Waals surface area contributed by atoms with Crippen molar-refractivity contribution in [1.82, 2.24) is 24.7 Å². The molecule has 1 saturated heterocycles. The van der Waals surface area contributed by atoms with E-state index in [0.29, 0.717) is 18.1 Å². The van der Waals surface area contributed by atoms with Crippen LogP contribution in [-0.2, 0) is 25.1 Å². The Kier molecular flexibility index (Phi) is 5.26. The van der Waals surface area contributed by atoms with Gasteiger partial charge in [0.1, 0.15) is 16.4 Å². The topological polar surface area (TPSA) is 92.8 Å². The molecule has 1 aliphatic carbocycles. The summed E-state index contributed by atoms with van der Waals surface area (Å²) in [6.07, 6.45) is 8.49. The highest BCUT2D eigenvalue weighted by Gasteiger charge is 2.23. The summed E-state index contributed by atoms with van der Waals surface area (Å²) in [7, 11) is 0. The summed E-state index contributed by atoms with van der Waals surface area (Å²) in [4.78, 5) is 25.0. The van der Waals surface area contributed by atoms with Gasteiger partial charge in [0.05, 0.1) is 23.9 Å². The van der Waals surface area contributed by atoms with Gasteiger partial charge in [-0.25, -0.2) is 4.98 Å². The monoisotopic (exact) mass is 468 g/mol. The van der Waals surface area contributed by atoms with Crippen LogP contribution in [-0.4, -0.2) is 37.8 Å². The molecule has 0 atom stereocenters. The number of H-pyrrole nitrogens is 1. The average molecular weight is 469 g/mol. The van der Waals surface area contributed by atoms with Gasteiger partial charge in [0.15, 0.2) is 5.16 Å². The summed E-state index contributed by atoms with van der Waals surface area (Å²) in [6.45, 7) is 2.57.